The van der Waals surface area contributed by atoms with Crippen molar-refractivity contribution < 1.29 is 23.8 Å². The predicted octanol–water partition coefficient (Wildman–Crippen LogP) is 6.61. The molecule has 7 nitrogen and oxygen atoms in total. The fourth-order valence-electron chi connectivity index (χ4n) is 4.10. The van der Waals surface area contributed by atoms with Crippen LogP contribution in [-0.4, -0.2) is 39.2 Å². The highest BCUT2D eigenvalue weighted by molar-refractivity contribution is 5.98. The minimum absolute atomic E-state index is 0.130. The lowest BCUT2D eigenvalue weighted by molar-refractivity contribution is -0.121. The zero-order valence-electron chi connectivity index (χ0n) is 23.7. The topological polar surface area (TPSA) is 85.9 Å². The van der Waals surface area contributed by atoms with E-state index in [9.17, 15) is 9.59 Å². The Labute approximate surface area is 227 Å². The van der Waals surface area contributed by atoms with Crippen molar-refractivity contribution in [2.24, 2.45) is 0 Å². The van der Waals surface area contributed by atoms with Crippen LogP contribution in [0.5, 0.6) is 17.2 Å². The first-order valence-electron chi connectivity index (χ1n) is 13.6. The second kappa shape index (κ2) is 17.1. The maximum atomic E-state index is 12.3. The van der Waals surface area contributed by atoms with Gasteiger partial charge in [-0.25, -0.2) is 0 Å². The summed E-state index contributed by atoms with van der Waals surface area (Å²) < 4.78 is 17.1. The summed E-state index contributed by atoms with van der Waals surface area (Å²) in [4.78, 5) is 24.5. The van der Waals surface area contributed by atoms with Crippen molar-refractivity contribution in [1.82, 2.24) is 5.32 Å². The van der Waals surface area contributed by atoms with Gasteiger partial charge in [0.25, 0.3) is 0 Å². The highest BCUT2D eigenvalue weighted by Gasteiger charge is 2.14. The molecular weight excluding hydrogens is 480 g/mol. The molecule has 2 aromatic carbocycles. The summed E-state index contributed by atoms with van der Waals surface area (Å²) in [6, 6.07) is 9.37. The molecule has 208 valence electrons. The van der Waals surface area contributed by atoms with E-state index in [1.54, 1.807) is 32.4 Å². The fourth-order valence-corrected chi connectivity index (χ4v) is 4.10. The Hall–Kier alpha value is -3.48. The van der Waals surface area contributed by atoms with Crippen molar-refractivity contribution >= 4 is 23.6 Å². The summed E-state index contributed by atoms with van der Waals surface area (Å²) in [5, 5.41) is 5.42. The van der Waals surface area contributed by atoms with Crippen molar-refractivity contribution in [2.45, 2.75) is 72.1 Å². The fraction of sp³-hybridized carbons (Fsp3) is 0.484. The molecule has 0 radical (unpaired) electrons. The maximum Gasteiger partial charge on any atom is 0.244 e. The van der Waals surface area contributed by atoms with E-state index in [0.717, 1.165) is 29.7 Å². The monoisotopic (exact) mass is 524 g/mol. The Morgan fingerprint density at radius 1 is 0.868 bits per heavy atom. The number of benzene rings is 2. The van der Waals surface area contributed by atoms with Gasteiger partial charge in [0.2, 0.25) is 17.6 Å². The van der Waals surface area contributed by atoms with Crippen LogP contribution in [0.2, 0.25) is 0 Å². The number of carbonyl (C=O) groups excluding carboxylic acids is 2. The molecule has 0 heterocycles. The molecule has 0 aliphatic heterocycles. The summed E-state index contributed by atoms with van der Waals surface area (Å²) in [5.41, 5.74) is 3.54. The van der Waals surface area contributed by atoms with Crippen LogP contribution >= 0.6 is 0 Å². The molecule has 0 fully saturated rings. The normalized spacial score (nSPS) is 10.9. The van der Waals surface area contributed by atoms with Crippen molar-refractivity contribution in [3.8, 4) is 17.2 Å². The average molecular weight is 525 g/mol. The van der Waals surface area contributed by atoms with Crippen LogP contribution in [0.3, 0.4) is 0 Å². The summed E-state index contributed by atoms with van der Waals surface area (Å²) in [7, 11) is 3.15. The Morgan fingerprint density at radius 3 is 2.11 bits per heavy atom. The number of hydrogen-bond acceptors (Lipinski definition) is 5. The standard InChI is InChI=1S/C31H44N2O5/c1-6-7-8-9-10-11-12-13-18-38-31-27(36-4)20-25(21-28(31)37-5)15-17-29(34)32-22-30(35)33-26-16-14-23(2)19-24(26)3/h14-17,19-21H,6-13,18,22H2,1-5H3,(H,32,34)(H,33,35). The highest BCUT2D eigenvalue weighted by atomic mass is 16.5. The SMILES string of the molecule is CCCCCCCCCCOc1c(OC)cc(C=CC(=O)NCC(=O)Nc2ccc(C)cc2C)cc1OC. The smallest absolute Gasteiger partial charge is 0.244 e. The molecule has 2 rings (SSSR count). The van der Waals surface area contributed by atoms with Gasteiger partial charge in [-0.2, -0.15) is 0 Å². The van der Waals surface area contributed by atoms with E-state index < -0.39 is 0 Å². The van der Waals surface area contributed by atoms with E-state index in [0.29, 0.717) is 29.4 Å². The van der Waals surface area contributed by atoms with Gasteiger partial charge in [0.15, 0.2) is 11.5 Å². The van der Waals surface area contributed by atoms with Crippen LogP contribution in [-0.2, 0) is 9.59 Å². The largest absolute Gasteiger partial charge is 0.493 e. The first-order chi connectivity index (χ1) is 18.4. The molecular formula is C31H44N2O5. The highest BCUT2D eigenvalue weighted by Crippen LogP contribution is 2.39. The van der Waals surface area contributed by atoms with Crippen molar-refractivity contribution in [1.29, 1.82) is 0 Å². The van der Waals surface area contributed by atoms with Gasteiger partial charge in [-0.1, -0.05) is 69.6 Å². The van der Waals surface area contributed by atoms with E-state index in [1.165, 1.54) is 44.6 Å². The molecule has 2 aromatic rings. The number of ether oxygens (including phenoxy) is 3. The Kier molecular flexibility index (Phi) is 13.8. The minimum Gasteiger partial charge on any atom is -0.493 e. The second-order valence-corrected chi connectivity index (χ2v) is 9.50. The second-order valence-electron chi connectivity index (χ2n) is 9.50. The summed E-state index contributed by atoms with van der Waals surface area (Å²) in [6.45, 7) is 6.61. The van der Waals surface area contributed by atoms with Gasteiger partial charge >= 0.3 is 0 Å². The van der Waals surface area contributed by atoms with Crippen LogP contribution in [0, 0.1) is 13.8 Å². The molecule has 0 spiro atoms. The molecule has 0 unspecified atom stereocenters. The van der Waals surface area contributed by atoms with E-state index in [1.807, 2.05) is 32.0 Å². The summed E-state index contributed by atoms with van der Waals surface area (Å²) in [5.74, 6) is 0.963. The zero-order valence-corrected chi connectivity index (χ0v) is 23.7. The van der Waals surface area contributed by atoms with E-state index in [2.05, 4.69) is 17.6 Å². The van der Waals surface area contributed by atoms with Gasteiger partial charge in [-0.15, -0.1) is 0 Å². The number of hydrogen-bond donors (Lipinski definition) is 2. The first kappa shape index (κ1) is 30.7. The predicted molar refractivity (Wildman–Crippen MR) is 154 cm³/mol. The lowest BCUT2D eigenvalue weighted by atomic mass is 10.1. The number of rotatable bonds is 17. The van der Waals surface area contributed by atoms with Crippen molar-refractivity contribution in [3.63, 3.8) is 0 Å². The number of unbranched alkanes of at least 4 members (excludes halogenated alkanes) is 7. The molecule has 0 saturated heterocycles. The molecule has 0 aliphatic rings. The number of carbonyl (C=O) groups is 2. The van der Waals surface area contributed by atoms with Crippen LogP contribution in [0.15, 0.2) is 36.4 Å². The van der Waals surface area contributed by atoms with Crippen LogP contribution < -0.4 is 24.8 Å². The lowest BCUT2D eigenvalue weighted by Gasteiger charge is -2.15. The quantitative estimate of drug-likeness (QED) is 0.180. The van der Waals surface area contributed by atoms with Gasteiger partial charge in [0.1, 0.15) is 0 Å². The number of anilines is 1. The Morgan fingerprint density at radius 2 is 1.50 bits per heavy atom. The third-order valence-electron chi connectivity index (χ3n) is 6.23. The Balaban J connectivity index is 1.85. The number of methoxy groups -OCH3 is 2. The average Bonchev–Trinajstić information content (AvgIpc) is 2.91. The number of aryl methyl sites for hydroxylation is 2. The molecule has 38 heavy (non-hydrogen) atoms. The molecule has 0 bridgehead atoms. The van der Waals surface area contributed by atoms with Crippen molar-refractivity contribution in [2.75, 3.05) is 32.7 Å². The van der Waals surface area contributed by atoms with E-state index in [4.69, 9.17) is 14.2 Å². The lowest BCUT2D eigenvalue weighted by Crippen LogP contribution is -2.31. The Bertz CT molecular complexity index is 1040. The van der Waals surface area contributed by atoms with Gasteiger partial charge in [0, 0.05) is 11.8 Å². The first-order valence-corrected chi connectivity index (χ1v) is 13.6. The minimum atomic E-state index is -0.381. The summed E-state index contributed by atoms with van der Waals surface area (Å²) in [6.07, 6.45) is 12.9. The molecule has 0 saturated carbocycles. The van der Waals surface area contributed by atoms with E-state index >= 15 is 0 Å². The van der Waals surface area contributed by atoms with Gasteiger partial charge < -0.3 is 24.8 Å². The summed E-state index contributed by atoms with van der Waals surface area (Å²) >= 11 is 0. The third-order valence-corrected chi connectivity index (χ3v) is 6.23. The molecule has 0 aliphatic carbocycles. The molecule has 2 N–H and O–H groups in total. The van der Waals surface area contributed by atoms with Crippen LogP contribution in [0.1, 0.15) is 75.0 Å². The van der Waals surface area contributed by atoms with Gasteiger partial charge in [-0.3, -0.25) is 9.59 Å². The molecule has 7 heteroatoms. The molecule has 0 atom stereocenters. The van der Waals surface area contributed by atoms with Gasteiger partial charge in [-0.05, 0) is 55.7 Å². The van der Waals surface area contributed by atoms with Crippen molar-refractivity contribution in [3.05, 3.63) is 53.1 Å². The number of amides is 2. The van der Waals surface area contributed by atoms with Crippen LogP contribution in [0.4, 0.5) is 5.69 Å². The molecule has 2 amide bonds. The van der Waals surface area contributed by atoms with Crippen LogP contribution in [0.25, 0.3) is 6.08 Å². The van der Waals surface area contributed by atoms with E-state index in [-0.39, 0.29) is 18.4 Å². The molecule has 0 aromatic heterocycles. The number of nitrogens with one attached hydrogen (secondary N) is 2. The maximum absolute atomic E-state index is 12.3. The van der Waals surface area contributed by atoms with Gasteiger partial charge in [0.05, 0.1) is 27.4 Å². The third kappa shape index (κ3) is 10.9. The zero-order chi connectivity index (χ0) is 27.8.